The summed E-state index contributed by atoms with van der Waals surface area (Å²) in [5, 5.41) is 2.64. The third kappa shape index (κ3) is 2.90. The number of hydrogen-bond donors (Lipinski definition) is 1. The van der Waals surface area contributed by atoms with Crippen molar-refractivity contribution < 1.29 is 18.4 Å². The van der Waals surface area contributed by atoms with E-state index >= 15 is 0 Å². The van der Waals surface area contributed by atoms with E-state index in [0.717, 1.165) is 28.2 Å². The SMILES string of the molecule is O=C1NC(=O)C(=Cc2cccc3c2ccn3Cc2c(F)cccc2F)S1. The van der Waals surface area contributed by atoms with Gasteiger partial charge >= 0.3 is 0 Å². The fourth-order valence-electron chi connectivity index (χ4n) is 2.93. The summed E-state index contributed by atoms with van der Waals surface area (Å²) >= 11 is 0.846. The van der Waals surface area contributed by atoms with E-state index in [4.69, 9.17) is 0 Å². The molecule has 1 fully saturated rings. The molecule has 130 valence electrons. The molecule has 0 unspecified atom stereocenters. The van der Waals surface area contributed by atoms with Crippen molar-refractivity contribution in [3.8, 4) is 0 Å². The number of hydrogen-bond acceptors (Lipinski definition) is 3. The Morgan fingerprint density at radius 3 is 2.46 bits per heavy atom. The number of imide groups is 1. The third-order valence-electron chi connectivity index (χ3n) is 4.17. The summed E-state index contributed by atoms with van der Waals surface area (Å²) in [6.45, 7) is 0.0513. The largest absolute Gasteiger partial charge is 0.343 e. The molecule has 0 spiro atoms. The molecule has 3 aromatic rings. The summed E-state index contributed by atoms with van der Waals surface area (Å²) in [6, 6.07) is 11.1. The number of benzene rings is 2. The number of nitrogens with one attached hydrogen (secondary N) is 1. The van der Waals surface area contributed by atoms with Crippen molar-refractivity contribution in [2.24, 2.45) is 0 Å². The summed E-state index contributed by atoms with van der Waals surface area (Å²) in [5.41, 5.74) is 1.52. The highest BCUT2D eigenvalue weighted by molar-refractivity contribution is 8.18. The summed E-state index contributed by atoms with van der Waals surface area (Å²) in [6.07, 6.45) is 3.38. The third-order valence-corrected chi connectivity index (χ3v) is 4.98. The first-order valence-corrected chi connectivity index (χ1v) is 8.60. The number of halogens is 2. The van der Waals surface area contributed by atoms with Gasteiger partial charge in [-0.1, -0.05) is 18.2 Å². The van der Waals surface area contributed by atoms with E-state index in [1.807, 2.05) is 18.2 Å². The van der Waals surface area contributed by atoms with Gasteiger partial charge in [-0.05, 0) is 47.7 Å². The van der Waals surface area contributed by atoms with Gasteiger partial charge in [-0.3, -0.25) is 14.9 Å². The summed E-state index contributed by atoms with van der Waals surface area (Å²) in [4.78, 5) is 23.4. The molecule has 0 aliphatic carbocycles. The smallest absolute Gasteiger partial charge is 0.290 e. The Bertz CT molecular complexity index is 1070. The molecule has 7 heteroatoms. The highest BCUT2D eigenvalue weighted by Crippen LogP contribution is 2.29. The zero-order chi connectivity index (χ0) is 18.3. The quantitative estimate of drug-likeness (QED) is 0.700. The lowest BCUT2D eigenvalue weighted by atomic mass is 10.1. The molecule has 4 rings (SSSR count). The van der Waals surface area contributed by atoms with Crippen LogP contribution >= 0.6 is 11.8 Å². The zero-order valence-corrected chi connectivity index (χ0v) is 14.1. The minimum absolute atomic E-state index is 0.00918. The molecular weight excluding hydrogens is 358 g/mol. The van der Waals surface area contributed by atoms with E-state index in [0.29, 0.717) is 4.91 Å². The van der Waals surface area contributed by atoms with Crippen molar-refractivity contribution in [1.29, 1.82) is 0 Å². The second-order valence-corrected chi connectivity index (χ2v) is 6.79. The summed E-state index contributed by atoms with van der Waals surface area (Å²) in [5.74, 6) is -1.62. The monoisotopic (exact) mass is 370 g/mol. The van der Waals surface area contributed by atoms with Crippen LogP contribution in [0.15, 0.2) is 53.6 Å². The molecule has 1 saturated heterocycles. The van der Waals surface area contributed by atoms with Crippen LogP contribution in [0, 0.1) is 11.6 Å². The maximum absolute atomic E-state index is 13.9. The van der Waals surface area contributed by atoms with Crippen molar-refractivity contribution in [1.82, 2.24) is 9.88 Å². The number of carbonyl (C=O) groups is 2. The molecule has 2 aromatic carbocycles. The van der Waals surface area contributed by atoms with Gasteiger partial charge < -0.3 is 4.57 Å². The van der Waals surface area contributed by atoms with Crippen LogP contribution in [-0.2, 0) is 11.3 Å². The first kappa shape index (κ1) is 16.5. The number of carbonyl (C=O) groups excluding carboxylic acids is 2. The molecule has 2 heterocycles. The molecule has 1 aliphatic rings. The summed E-state index contributed by atoms with van der Waals surface area (Å²) < 4.78 is 29.6. The second-order valence-electron chi connectivity index (χ2n) is 5.78. The van der Waals surface area contributed by atoms with Crippen LogP contribution < -0.4 is 5.32 Å². The molecule has 0 bridgehead atoms. The number of amides is 2. The van der Waals surface area contributed by atoms with E-state index in [1.54, 1.807) is 22.9 Å². The lowest BCUT2D eigenvalue weighted by molar-refractivity contribution is -0.115. The van der Waals surface area contributed by atoms with Gasteiger partial charge in [0.15, 0.2) is 0 Å². The maximum atomic E-state index is 13.9. The standard InChI is InChI=1S/C19H12F2N2O2S/c20-14-4-2-5-15(21)13(14)10-23-8-7-12-11(3-1-6-16(12)23)9-17-18(24)22-19(25)26-17/h1-9H,10H2,(H,22,24,25). The Morgan fingerprint density at radius 1 is 1.04 bits per heavy atom. The van der Waals surface area contributed by atoms with Gasteiger partial charge in [0.05, 0.1) is 11.4 Å². The first-order chi connectivity index (χ1) is 12.5. The van der Waals surface area contributed by atoms with Crippen molar-refractivity contribution in [3.63, 3.8) is 0 Å². The number of fused-ring (bicyclic) bond motifs is 1. The average molecular weight is 370 g/mol. The Labute approximate surface area is 151 Å². The molecule has 2 amide bonds. The van der Waals surface area contributed by atoms with Crippen LogP contribution in [0.4, 0.5) is 13.6 Å². The zero-order valence-electron chi connectivity index (χ0n) is 13.3. The molecule has 4 nitrogen and oxygen atoms in total. The Hall–Kier alpha value is -2.93. The minimum atomic E-state index is -0.595. The fourth-order valence-corrected chi connectivity index (χ4v) is 3.60. The highest BCUT2D eigenvalue weighted by Gasteiger charge is 2.25. The molecule has 1 aliphatic heterocycles. The van der Waals surface area contributed by atoms with E-state index in [2.05, 4.69) is 5.32 Å². The Morgan fingerprint density at radius 2 is 1.77 bits per heavy atom. The second kappa shape index (κ2) is 6.42. The number of rotatable bonds is 3. The van der Waals surface area contributed by atoms with Crippen molar-refractivity contribution in [2.75, 3.05) is 0 Å². The van der Waals surface area contributed by atoms with Crippen LogP contribution in [0.5, 0.6) is 0 Å². The van der Waals surface area contributed by atoms with Crippen molar-refractivity contribution >= 4 is 39.9 Å². The predicted octanol–water partition coefficient (Wildman–Crippen LogP) is 4.29. The van der Waals surface area contributed by atoms with Gasteiger partial charge in [0, 0.05) is 22.7 Å². The molecule has 1 aromatic heterocycles. The van der Waals surface area contributed by atoms with Crippen molar-refractivity contribution in [2.45, 2.75) is 6.54 Å². The number of nitrogens with zero attached hydrogens (tertiary/aromatic N) is 1. The van der Waals surface area contributed by atoms with E-state index < -0.39 is 22.8 Å². The molecular formula is C19H12F2N2O2S. The minimum Gasteiger partial charge on any atom is -0.343 e. The van der Waals surface area contributed by atoms with E-state index in [9.17, 15) is 18.4 Å². The Balaban J connectivity index is 1.75. The van der Waals surface area contributed by atoms with Gasteiger partial charge in [-0.15, -0.1) is 0 Å². The molecule has 0 saturated carbocycles. The molecule has 26 heavy (non-hydrogen) atoms. The van der Waals surface area contributed by atoms with Crippen LogP contribution in [0.1, 0.15) is 11.1 Å². The Kier molecular flexibility index (Phi) is 4.08. The van der Waals surface area contributed by atoms with Gasteiger partial charge in [-0.25, -0.2) is 8.78 Å². The number of thioether (sulfide) groups is 1. The molecule has 1 N–H and O–H groups in total. The maximum Gasteiger partial charge on any atom is 0.290 e. The fraction of sp³-hybridized carbons (Fsp3) is 0.0526. The topological polar surface area (TPSA) is 51.1 Å². The number of aromatic nitrogens is 1. The van der Waals surface area contributed by atoms with E-state index in [-0.39, 0.29) is 12.1 Å². The average Bonchev–Trinajstić information content (AvgIpc) is 3.15. The van der Waals surface area contributed by atoms with Crippen LogP contribution in [0.3, 0.4) is 0 Å². The molecule has 0 atom stereocenters. The predicted molar refractivity (Wildman–Crippen MR) is 96.5 cm³/mol. The van der Waals surface area contributed by atoms with Gasteiger partial charge in [0.1, 0.15) is 11.6 Å². The van der Waals surface area contributed by atoms with Crippen LogP contribution in [0.2, 0.25) is 0 Å². The van der Waals surface area contributed by atoms with Crippen LogP contribution in [0.25, 0.3) is 17.0 Å². The highest BCUT2D eigenvalue weighted by atomic mass is 32.2. The first-order valence-electron chi connectivity index (χ1n) is 7.78. The molecule has 0 radical (unpaired) electrons. The lowest BCUT2D eigenvalue weighted by Crippen LogP contribution is -2.17. The normalized spacial score (nSPS) is 15.8. The lowest BCUT2D eigenvalue weighted by Gasteiger charge is -2.08. The van der Waals surface area contributed by atoms with Crippen molar-refractivity contribution in [3.05, 3.63) is 76.3 Å². The van der Waals surface area contributed by atoms with Gasteiger partial charge in [0.25, 0.3) is 11.1 Å². The van der Waals surface area contributed by atoms with Crippen LogP contribution in [-0.4, -0.2) is 15.7 Å². The summed E-state index contributed by atoms with van der Waals surface area (Å²) in [7, 11) is 0. The van der Waals surface area contributed by atoms with Gasteiger partial charge in [-0.2, -0.15) is 0 Å². The van der Waals surface area contributed by atoms with Gasteiger partial charge in [0.2, 0.25) is 0 Å². The van der Waals surface area contributed by atoms with E-state index in [1.165, 1.54) is 18.2 Å².